The summed E-state index contributed by atoms with van der Waals surface area (Å²) in [6.07, 6.45) is 5.73. The van der Waals surface area contributed by atoms with Crippen molar-refractivity contribution in [2.45, 2.75) is 57.9 Å². The zero-order valence-electron chi connectivity index (χ0n) is 15.4. The average molecular weight is 367 g/mol. The molecule has 2 saturated heterocycles. The van der Waals surface area contributed by atoms with E-state index in [1.165, 1.54) is 25.9 Å². The van der Waals surface area contributed by atoms with E-state index in [1.807, 2.05) is 4.90 Å². The molecule has 0 aromatic carbocycles. The fraction of sp³-hybridized carbons (Fsp3) is 0.833. The van der Waals surface area contributed by atoms with Gasteiger partial charge in [-0.2, -0.15) is 16.7 Å². The minimum absolute atomic E-state index is 0.0413. The molecular formula is C18H30N4O2S. The zero-order chi connectivity index (χ0) is 17.6. The van der Waals surface area contributed by atoms with Crippen LogP contribution in [0.3, 0.4) is 0 Å². The SMILES string of the molecule is CC(C)c1noc([C@H]2CCCCN2C(=O)CSCCN2CCCC2)n1. The van der Waals surface area contributed by atoms with Crippen molar-refractivity contribution in [1.82, 2.24) is 19.9 Å². The monoisotopic (exact) mass is 366 g/mol. The molecule has 0 saturated carbocycles. The Bertz CT molecular complexity index is 557. The predicted molar refractivity (Wildman–Crippen MR) is 99.7 cm³/mol. The summed E-state index contributed by atoms with van der Waals surface area (Å²) in [5, 5.41) is 4.07. The van der Waals surface area contributed by atoms with E-state index in [2.05, 4.69) is 28.9 Å². The largest absolute Gasteiger partial charge is 0.337 e. The minimum atomic E-state index is -0.0413. The third-order valence-corrected chi connectivity index (χ3v) is 5.98. The van der Waals surface area contributed by atoms with Crippen LogP contribution in [0.25, 0.3) is 0 Å². The maximum Gasteiger partial charge on any atom is 0.249 e. The Morgan fingerprint density at radius 2 is 2.00 bits per heavy atom. The van der Waals surface area contributed by atoms with E-state index in [0.717, 1.165) is 43.9 Å². The summed E-state index contributed by atoms with van der Waals surface area (Å²) in [5.41, 5.74) is 0. The second-order valence-electron chi connectivity index (χ2n) is 7.35. The molecule has 0 radical (unpaired) electrons. The zero-order valence-corrected chi connectivity index (χ0v) is 16.3. The third-order valence-electron chi connectivity index (χ3n) is 5.06. The lowest BCUT2D eigenvalue weighted by atomic mass is 10.0. The van der Waals surface area contributed by atoms with Crippen LogP contribution in [0.1, 0.15) is 69.6 Å². The predicted octanol–water partition coefficient (Wildman–Crippen LogP) is 3.08. The Morgan fingerprint density at radius 1 is 1.24 bits per heavy atom. The molecule has 0 aliphatic carbocycles. The van der Waals surface area contributed by atoms with Gasteiger partial charge in [-0.15, -0.1) is 0 Å². The maximum atomic E-state index is 12.7. The average Bonchev–Trinajstić information content (AvgIpc) is 3.30. The Morgan fingerprint density at radius 3 is 2.72 bits per heavy atom. The summed E-state index contributed by atoms with van der Waals surface area (Å²) in [4.78, 5) is 21.7. The molecule has 2 fully saturated rings. The van der Waals surface area contributed by atoms with Crippen molar-refractivity contribution < 1.29 is 9.32 Å². The van der Waals surface area contributed by atoms with Gasteiger partial charge in [-0.1, -0.05) is 19.0 Å². The summed E-state index contributed by atoms with van der Waals surface area (Å²) >= 11 is 1.75. The lowest BCUT2D eigenvalue weighted by Gasteiger charge is -2.33. The van der Waals surface area contributed by atoms with Crippen LogP contribution in [-0.4, -0.2) is 63.5 Å². The molecule has 25 heavy (non-hydrogen) atoms. The summed E-state index contributed by atoms with van der Waals surface area (Å²) in [7, 11) is 0. The maximum absolute atomic E-state index is 12.7. The number of rotatable bonds is 7. The van der Waals surface area contributed by atoms with Gasteiger partial charge >= 0.3 is 0 Å². The molecular weight excluding hydrogens is 336 g/mol. The first kappa shape index (κ1) is 18.7. The van der Waals surface area contributed by atoms with E-state index in [4.69, 9.17) is 4.52 Å². The van der Waals surface area contributed by atoms with Crippen molar-refractivity contribution in [3.8, 4) is 0 Å². The summed E-state index contributed by atoms with van der Waals surface area (Å²) in [5.74, 6) is 3.37. The summed E-state index contributed by atoms with van der Waals surface area (Å²) in [6.45, 7) is 8.44. The first-order valence-corrected chi connectivity index (χ1v) is 10.7. The number of thioether (sulfide) groups is 1. The Kier molecular flexibility index (Phi) is 6.76. The van der Waals surface area contributed by atoms with Gasteiger partial charge in [0.2, 0.25) is 11.8 Å². The van der Waals surface area contributed by atoms with E-state index in [0.29, 0.717) is 11.6 Å². The summed E-state index contributed by atoms with van der Waals surface area (Å²) in [6, 6.07) is -0.0413. The molecule has 3 heterocycles. The fourth-order valence-corrected chi connectivity index (χ4v) is 4.42. The van der Waals surface area contributed by atoms with Crippen molar-refractivity contribution in [1.29, 1.82) is 0 Å². The number of nitrogens with zero attached hydrogens (tertiary/aromatic N) is 4. The number of piperidine rings is 1. The molecule has 1 atom stereocenters. The van der Waals surface area contributed by atoms with Crippen LogP contribution in [0, 0.1) is 0 Å². The molecule has 0 spiro atoms. The van der Waals surface area contributed by atoms with E-state index < -0.39 is 0 Å². The lowest BCUT2D eigenvalue weighted by Crippen LogP contribution is -2.39. The van der Waals surface area contributed by atoms with Crippen molar-refractivity contribution in [3.05, 3.63) is 11.7 Å². The van der Waals surface area contributed by atoms with Crippen LogP contribution >= 0.6 is 11.8 Å². The van der Waals surface area contributed by atoms with Gasteiger partial charge in [0.1, 0.15) is 6.04 Å². The summed E-state index contributed by atoms with van der Waals surface area (Å²) < 4.78 is 5.47. The molecule has 0 unspecified atom stereocenters. The molecule has 1 aromatic heterocycles. The first-order chi connectivity index (χ1) is 12.1. The number of amides is 1. The smallest absolute Gasteiger partial charge is 0.249 e. The minimum Gasteiger partial charge on any atom is -0.337 e. The van der Waals surface area contributed by atoms with Crippen molar-refractivity contribution in [3.63, 3.8) is 0 Å². The molecule has 6 nitrogen and oxygen atoms in total. The Balaban J connectivity index is 1.51. The number of hydrogen-bond acceptors (Lipinski definition) is 6. The second kappa shape index (κ2) is 9.03. The first-order valence-electron chi connectivity index (χ1n) is 9.58. The fourth-order valence-electron chi connectivity index (χ4n) is 3.55. The molecule has 0 N–H and O–H groups in total. The molecule has 140 valence electrons. The van der Waals surface area contributed by atoms with Crippen molar-refractivity contribution in [2.24, 2.45) is 0 Å². The molecule has 1 amide bonds. The van der Waals surface area contributed by atoms with Crippen LogP contribution in [0.2, 0.25) is 0 Å². The van der Waals surface area contributed by atoms with Gasteiger partial charge in [-0.05, 0) is 45.2 Å². The number of carbonyl (C=O) groups is 1. The quantitative estimate of drug-likeness (QED) is 0.691. The van der Waals surface area contributed by atoms with Gasteiger partial charge in [0, 0.05) is 24.8 Å². The number of hydrogen-bond donors (Lipinski definition) is 0. The van der Waals surface area contributed by atoms with E-state index in [-0.39, 0.29) is 17.9 Å². The number of carbonyl (C=O) groups excluding carboxylic acids is 1. The third kappa shape index (κ3) is 4.97. The molecule has 1 aromatic rings. The van der Waals surface area contributed by atoms with Crippen molar-refractivity contribution in [2.75, 3.05) is 37.7 Å². The molecule has 2 aliphatic heterocycles. The van der Waals surface area contributed by atoms with Gasteiger partial charge in [0.15, 0.2) is 5.82 Å². The van der Waals surface area contributed by atoms with Crippen molar-refractivity contribution >= 4 is 17.7 Å². The number of likely N-dealkylation sites (tertiary alicyclic amines) is 2. The second-order valence-corrected chi connectivity index (χ2v) is 8.45. The van der Waals surface area contributed by atoms with E-state index in [1.54, 1.807) is 11.8 Å². The van der Waals surface area contributed by atoms with Gasteiger partial charge < -0.3 is 14.3 Å². The van der Waals surface area contributed by atoms with Crippen LogP contribution in [-0.2, 0) is 4.79 Å². The van der Waals surface area contributed by atoms with Gasteiger partial charge in [-0.3, -0.25) is 4.79 Å². The topological polar surface area (TPSA) is 62.5 Å². The van der Waals surface area contributed by atoms with E-state index in [9.17, 15) is 4.79 Å². The van der Waals surface area contributed by atoms with E-state index >= 15 is 0 Å². The van der Waals surface area contributed by atoms with Gasteiger partial charge in [-0.25, -0.2) is 0 Å². The van der Waals surface area contributed by atoms with Crippen LogP contribution < -0.4 is 0 Å². The molecule has 7 heteroatoms. The highest BCUT2D eigenvalue weighted by Gasteiger charge is 2.32. The number of aromatic nitrogens is 2. The lowest BCUT2D eigenvalue weighted by molar-refractivity contribution is -0.132. The highest BCUT2D eigenvalue weighted by Crippen LogP contribution is 2.31. The standard InChI is InChI=1S/C18H30N4O2S/c1-14(2)17-19-18(24-20-17)15-7-3-4-10-22(15)16(23)13-25-12-11-21-8-5-6-9-21/h14-15H,3-13H2,1-2H3/t15-/m1/s1. The van der Waals surface area contributed by atoms with Crippen LogP contribution in [0.15, 0.2) is 4.52 Å². The normalized spacial score (nSPS) is 22.0. The molecule has 2 aliphatic rings. The van der Waals surface area contributed by atoms with Crippen LogP contribution in [0.5, 0.6) is 0 Å². The molecule has 0 bridgehead atoms. The highest BCUT2D eigenvalue weighted by molar-refractivity contribution is 7.99. The Labute approximate surface area is 154 Å². The highest BCUT2D eigenvalue weighted by atomic mass is 32.2. The van der Waals surface area contributed by atoms with Gasteiger partial charge in [0.05, 0.1) is 5.75 Å². The molecule has 3 rings (SSSR count). The van der Waals surface area contributed by atoms with Gasteiger partial charge in [0.25, 0.3) is 0 Å². The Hall–Kier alpha value is -1.08. The van der Waals surface area contributed by atoms with Crippen LogP contribution in [0.4, 0.5) is 0 Å².